The van der Waals surface area contributed by atoms with Gasteiger partial charge in [-0.2, -0.15) is 5.26 Å². The summed E-state index contributed by atoms with van der Waals surface area (Å²) in [5, 5.41) is 8.87. The van der Waals surface area contributed by atoms with Crippen molar-refractivity contribution in [3.63, 3.8) is 0 Å². The summed E-state index contributed by atoms with van der Waals surface area (Å²) >= 11 is 0. The molecule has 1 heterocycles. The maximum Gasteiger partial charge on any atom is 0.212 e. The van der Waals surface area contributed by atoms with Gasteiger partial charge in [0.05, 0.1) is 0 Å². The lowest BCUT2D eigenvalue weighted by molar-refractivity contribution is 0.505. The van der Waals surface area contributed by atoms with E-state index in [1.54, 1.807) is 6.20 Å². The minimum absolute atomic E-state index is 0.504. The van der Waals surface area contributed by atoms with Crippen molar-refractivity contribution in [2.24, 2.45) is 0 Å². The van der Waals surface area contributed by atoms with E-state index in [2.05, 4.69) is 35.3 Å². The lowest BCUT2D eigenvalue weighted by atomic mass is 9.77. The Morgan fingerprint density at radius 3 is 3.12 bits per heavy atom. The van der Waals surface area contributed by atoms with E-state index < -0.39 is 0 Å². The van der Waals surface area contributed by atoms with Gasteiger partial charge in [-0.15, -0.1) is 0 Å². The molecule has 0 N–H and O–H groups in total. The molecule has 1 aromatic heterocycles. The van der Waals surface area contributed by atoms with Crippen molar-refractivity contribution in [2.45, 2.75) is 18.9 Å². The molecule has 3 heteroatoms. The first-order chi connectivity index (χ1) is 7.88. The fraction of sp³-hybridized carbons (Fsp3) is 0.231. The summed E-state index contributed by atoms with van der Waals surface area (Å²) in [6.45, 7) is 0.861. The number of aromatic nitrogens is 2. The van der Waals surface area contributed by atoms with Crippen molar-refractivity contribution in [1.29, 1.82) is 5.26 Å². The highest BCUT2D eigenvalue weighted by atomic mass is 15.1. The first-order valence-corrected chi connectivity index (χ1v) is 5.37. The van der Waals surface area contributed by atoms with Gasteiger partial charge >= 0.3 is 0 Å². The molecular weight excluding hydrogens is 198 g/mol. The van der Waals surface area contributed by atoms with Crippen molar-refractivity contribution < 1.29 is 0 Å². The molecule has 1 aliphatic carbocycles. The van der Waals surface area contributed by atoms with E-state index in [1.165, 1.54) is 11.1 Å². The van der Waals surface area contributed by atoms with E-state index in [4.69, 9.17) is 5.26 Å². The normalized spacial score (nSPS) is 17.3. The number of fused-ring (bicyclic) bond motifs is 1. The van der Waals surface area contributed by atoms with Crippen LogP contribution in [0.2, 0.25) is 0 Å². The zero-order valence-corrected chi connectivity index (χ0v) is 8.80. The van der Waals surface area contributed by atoms with Gasteiger partial charge in [-0.3, -0.25) is 0 Å². The third-order valence-corrected chi connectivity index (χ3v) is 3.19. The van der Waals surface area contributed by atoms with Gasteiger partial charge in [-0.25, -0.2) is 4.98 Å². The predicted octanol–water partition coefficient (Wildman–Crippen LogP) is 2.09. The van der Waals surface area contributed by atoms with E-state index in [1.807, 2.05) is 10.8 Å². The van der Waals surface area contributed by atoms with Crippen LogP contribution in [-0.4, -0.2) is 9.55 Å². The van der Waals surface area contributed by atoms with Crippen LogP contribution < -0.4 is 0 Å². The Kier molecular flexibility index (Phi) is 2.00. The van der Waals surface area contributed by atoms with Crippen molar-refractivity contribution in [2.75, 3.05) is 0 Å². The summed E-state index contributed by atoms with van der Waals surface area (Å²) in [5.41, 5.74) is 2.85. The van der Waals surface area contributed by atoms with Crippen LogP contribution in [0, 0.1) is 11.3 Å². The zero-order valence-electron chi connectivity index (χ0n) is 8.80. The fourth-order valence-electron chi connectivity index (χ4n) is 2.33. The Morgan fingerprint density at radius 2 is 2.31 bits per heavy atom. The van der Waals surface area contributed by atoms with Crippen LogP contribution >= 0.6 is 0 Å². The Morgan fingerprint density at radius 1 is 1.44 bits per heavy atom. The van der Waals surface area contributed by atoms with Crippen molar-refractivity contribution in [1.82, 2.24) is 9.55 Å². The maximum atomic E-state index is 8.87. The molecule has 16 heavy (non-hydrogen) atoms. The molecular formula is C13H11N3. The van der Waals surface area contributed by atoms with Gasteiger partial charge < -0.3 is 4.57 Å². The van der Waals surface area contributed by atoms with Crippen LogP contribution in [0.4, 0.5) is 0 Å². The molecule has 78 valence electrons. The number of rotatable bonds is 2. The van der Waals surface area contributed by atoms with Crippen LogP contribution in [0.5, 0.6) is 0 Å². The lowest BCUT2D eigenvalue weighted by Crippen LogP contribution is -2.22. The van der Waals surface area contributed by atoms with Gasteiger partial charge in [-0.1, -0.05) is 24.3 Å². The summed E-state index contributed by atoms with van der Waals surface area (Å²) in [4.78, 5) is 4.00. The first kappa shape index (κ1) is 9.17. The molecule has 0 saturated carbocycles. The average molecular weight is 209 g/mol. The van der Waals surface area contributed by atoms with Crippen LogP contribution in [0.25, 0.3) is 0 Å². The maximum absolute atomic E-state index is 8.87. The predicted molar refractivity (Wildman–Crippen MR) is 59.8 cm³/mol. The number of hydrogen-bond donors (Lipinski definition) is 0. The second-order valence-corrected chi connectivity index (χ2v) is 4.11. The lowest BCUT2D eigenvalue weighted by Gasteiger charge is -2.30. The monoisotopic (exact) mass is 209 g/mol. The summed E-state index contributed by atoms with van der Waals surface area (Å²) in [5.74, 6) is 1.04. The fourth-order valence-corrected chi connectivity index (χ4v) is 2.33. The van der Waals surface area contributed by atoms with Crippen molar-refractivity contribution in [3.8, 4) is 6.07 Å². The molecule has 0 saturated heterocycles. The molecule has 1 aromatic carbocycles. The average Bonchev–Trinajstić information content (AvgIpc) is 2.73. The van der Waals surface area contributed by atoms with E-state index >= 15 is 0 Å². The highest BCUT2D eigenvalue weighted by Gasteiger charge is 2.25. The van der Waals surface area contributed by atoms with Crippen LogP contribution in [-0.2, 0) is 13.0 Å². The van der Waals surface area contributed by atoms with E-state index in [0.29, 0.717) is 11.7 Å². The second kappa shape index (κ2) is 3.49. The van der Waals surface area contributed by atoms with E-state index in [9.17, 15) is 0 Å². The number of nitriles is 1. The minimum Gasteiger partial charge on any atom is -0.322 e. The molecule has 0 spiro atoms. The van der Waals surface area contributed by atoms with Crippen LogP contribution in [0.1, 0.15) is 22.9 Å². The largest absolute Gasteiger partial charge is 0.322 e. The summed E-state index contributed by atoms with van der Waals surface area (Å²) in [6.07, 6.45) is 4.67. The molecule has 0 aliphatic heterocycles. The Hall–Kier alpha value is -2.08. The molecule has 1 atom stereocenters. The Balaban J connectivity index is 1.82. The van der Waals surface area contributed by atoms with Gasteiger partial charge in [0.1, 0.15) is 6.07 Å². The van der Waals surface area contributed by atoms with Gasteiger partial charge in [0, 0.05) is 24.9 Å². The second-order valence-electron chi connectivity index (χ2n) is 4.11. The summed E-state index contributed by atoms with van der Waals surface area (Å²) in [6, 6.07) is 10.6. The third kappa shape index (κ3) is 1.31. The first-order valence-electron chi connectivity index (χ1n) is 5.37. The molecule has 1 aliphatic rings. The van der Waals surface area contributed by atoms with Crippen LogP contribution in [0.3, 0.4) is 0 Å². The highest BCUT2D eigenvalue weighted by molar-refractivity contribution is 5.39. The molecule has 2 aromatic rings. The molecule has 3 nitrogen and oxygen atoms in total. The van der Waals surface area contributed by atoms with Gasteiger partial charge in [0.15, 0.2) is 0 Å². The third-order valence-electron chi connectivity index (χ3n) is 3.19. The Labute approximate surface area is 94.0 Å². The smallest absolute Gasteiger partial charge is 0.212 e. The number of imidazole rings is 1. The number of nitrogens with zero attached hydrogens (tertiary/aromatic N) is 3. The van der Waals surface area contributed by atoms with Crippen LogP contribution in [0.15, 0.2) is 36.7 Å². The van der Waals surface area contributed by atoms with E-state index in [0.717, 1.165) is 13.0 Å². The standard InChI is InChI=1S/C13H11N3/c14-8-13-15-5-6-16(13)9-11-7-10-3-1-2-4-12(10)11/h1-6,11H,7,9H2. The molecule has 1 unspecified atom stereocenters. The zero-order chi connectivity index (χ0) is 11.0. The minimum atomic E-state index is 0.504. The molecule has 0 radical (unpaired) electrons. The topological polar surface area (TPSA) is 41.6 Å². The van der Waals surface area contributed by atoms with Gasteiger partial charge in [0.2, 0.25) is 5.82 Å². The van der Waals surface area contributed by atoms with Gasteiger partial charge in [-0.05, 0) is 17.5 Å². The molecule has 0 bridgehead atoms. The quantitative estimate of drug-likeness (QED) is 0.760. The molecule has 3 rings (SSSR count). The van der Waals surface area contributed by atoms with Crippen molar-refractivity contribution in [3.05, 3.63) is 53.6 Å². The molecule has 0 amide bonds. The summed E-state index contributed by atoms with van der Waals surface area (Å²) in [7, 11) is 0. The summed E-state index contributed by atoms with van der Waals surface area (Å²) < 4.78 is 1.93. The molecule has 0 fully saturated rings. The number of benzene rings is 1. The SMILES string of the molecule is N#Cc1nccn1CC1Cc2ccccc21. The van der Waals surface area contributed by atoms with Crippen molar-refractivity contribution >= 4 is 0 Å². The Bertz CT molecular complexity index is 563. The highest BCUT2D eigenvalue weighted by Crippen LogP contribution is 2.35. The number of hydrogen-bond acceptors (Lipinski definition) is 2. The van der Waals surface area contributed by atoms with E-state index in [-0.39, 0.29) is 0 Å². The van der Waals surface area contributed by atoms with Gasteiger partial charge in [0.25, 0.3) is 0 Å².